The maximum atomic E-state index is 12.6. The standard InChI is InChI=1S/C16H35N3O/c1-8-10-16(17-5,11-9-2)14(20)18-12-15(3,4)13-19(6)7/h17H,8-13H2,1-7H3,(H,18,20). The summed E-state index contributed by atoms with van der Waals surface area (Å²) in [6.45, 7) is 10.3. The highest BCUT2D eigenvalue weighted by Crippen LogP contribution is 2.21. The Hall–Kier alpha value is -0.610. The van der Waals surface area contributed by atoms with Crippen LogP contribution in [0.15, 0.2) is 0 Å². The summed E-state index contributed by atoms with van der Waals surface area (Å²) in [4.78, 5) is 14.8. The van der Waals surface area contributed by atoms with Crippen LogP contribution < -0.4 is 10.6 Å². The van der Waals surface area contributed by atoms with Crippen molar-refractivity contribution in [2.45, 2.75) is 58.9 Å². The fourth-order valence-corrected chi connectivity index (χ4v) is 2.97. The maximum Gasteiger partial charge on any atom is 0.240 e. The first-order valence-electron chi connectivity index (χ1n) is 7.85. The Bertz CT molecular complexity index is 281. The molecule has 4 heteroatoms. The van der Waals surface area contributed by atoms with Crippen molar-refractivity contribution in [3.05, 3.63) is 0 Å². The second-order valence-corrected chi connectivity index (χ2v) is 6.92. The molecular formula is C16H35N3O. The van der Waals surface area contributed by atoms with Gasteiger partial charge in [0.1, 0.15) is 0 Å². The number of rotatable bonds is 10. The van der Waals surface area contributed by atoms with E-state index in [1.807, 2.05) is 7.05 Å². The lowest BCUT2D eigenvalue weighted by molar-refractivity contribution is -0.128. The van der Waals surface area contributed by atoms with E-state index in [1.54, 1.807) is 0 Å². The van der Waals surface area contributed by atoms with Gasteiger partial charge in [0.2, 0.25) is 5.91 Å². The van der Waals surface area contributed by atoms with Crippen molar-refractivity contribution >= 4 is 5.91 Å². The van der Waals surface area contributed by atoms with Gasteiger partial charge in [-0.15, -0.1) is 0 Å². The molecule has 0 rings (SSSR count). The molecule has 0 unspecified atom stereocenters. The SMILES string of the molecule is CCCC(CCC)(NC)C(=O)NCC(C)(C)CN(C)C. The van der Waals surface area contributed by atoms with Crippen LogP contribution in [0.2, 0.25) is 0 Å². The molecule has 0 aliphatic rings. The lowest BCUT2D eigenvalue weighted by Crippen LogP contribution is -2.57. The van der Waals surface area contributed by atoms with Crippen LogP contribution in [0.3, 0.4) is 0 Å². The molecule has 0 heterocycles. The Labute approximate surface area is 125 Å². The minimum absolute atomic E-state index is 0.0804. The highest BCUT2D eigenvalue weighted by Gasteiger charge is 2.35. The summed E-state index contributed by atoms with van der Waals surface area (Å²) in [5.74, 6) is 0.149. The van der Waals surface area contributed by atoms with Crippen LogP contribution in [0, 0.1) is 5.41 Å². The normalized spacial score (nSPS) is 12.8. The number of nitrogens with one attached hydrogen (secondary N) is 2. The summed E-state index contributed by atoms with van der Waals surface area (Å²) < 4.78 is 0. The number of amides is 1. The molecule has 0 aliphatic carbocycles. The van der Waals surface area contributed by atoms with Crippen LogP contribution in [0.25, 0.3) is 0 Å². The molecule has 120 valence electrons. The molecule has 0 radical (unpaired) electrons. The van der Waals surface area contributed by atoms with Gasteiger partial charge >= 0.3 is 0 Å². The summed E-state index contributed by atoms with van der Waals surface area (Å²) in [6, 6.07) is 0. The average Bonchev–Trinajstić information content (AvgIpc) is 2.34. The molecule has 4 nitrogen and oxygen atoms in total. The topological polar surface area (TPSA) is 44.4 Å². The quantitative estimate of drug-likeness (QED) is 0.647. The largest absolute Gasteiger partial charge is 0.354 e. The molecule has 0 aromatic rings. The number of hydrogen-bond donors (Lipinski definition) is 2. The zero-order valence-corrected chi connectivity index (χ0v) is 14.6. The van der Waals surface area contributed by atoms with Gasteiger partial charge in [0.15, 0.2) is 0 Å². The van der Waals surface area contributed by atoms with E-state index >= 15 is 0 Å². The van der Waals surface area contributed by atoms with Crippen molar-refractivity contribution < 1.29 is 4.79 Å². The first-order chi connectivity index (χ1) is 9.23. The molecule has 0 aliphatic heterocycles. The predicted octanol–water partition coefficient (Wildman–Crippen LogP) is 2.25. The van der Waals surface area contributed by atoms with E-state index in [-0.39, 0.29) is 11.3 Å². The van der Waals surface area contributed by atoms with E-state index in [9.17, 15) is 4.79 Å². The van der Waals surface area contributed by atoms with Crippen LogP contribution in [-0.4, -0.2) is 50.6 Å². The number of likely N-dealkylation sites (N-methyl/N-ethyl adjacent to an activating group) is 1. The van der Waals surface area contributed by atoms with Gasteiger partial charge in [-0.2, -0.15) is 0 Å². The molecule has 0 aromatic heterocycles. The summed E-state index contributed by atoms with van der Waals surface area (Å²) in [6.07, 6.45) is 3.79. The van der Waals surface area contributed by atoms with Gasteiger partial charge in [0.05, 0.1) is 5.54 Å². The van der Waals surface area contributed by atoms with E-state index in [2.05, 4.69) is 57.3 Å². The summed E-state index contributed by atoms with van der Waals surface area (Å²) in [5, 5.41) is 6.43. The Morgan fingerprint density at radius 2 is 1.60 bits per heavy atom. The molecule has 1 amide bonds. The minimum atomic E-state index is -0.405. The first kappa shape index (κ1) is 19.4. The van der Waals surface area contributed by atoms with Crippen molar-refractivity contribution in [2.75, 3.05) is 34.2 Å². The molecule has 0 saturated carbocycles. The summed E-state index contributed by atoms with van der Waals surface area (Å²) in [7, 11) is 6.03. The van der Waals surface area contributed by atoms with Crippen LogP contribution in [0.1, 0.15) is 53.4 Å². The Kier molecular flexibility index (Phi) is 8.36. The van der Waals surface area contributed by atoms with E-state index in [1.165, 1.54) is 0 Å². The van der Waals surface area contributed by atoms with E-state index in [0.29, 0.717) is 6.54 Å². The third-order valence-electron chi connectivity index (χ3n) is 3.74. The number of nitrogens with zero attached hydrogens (tertiary/aromatic N) is 1. The van der Waals surface area contributed by atoms with Crippen LogP contribution in [-0.2, 0) is 4.79 Å². The Balaban J connectivity index is 4.68. The molecular weight excluding hydrogens is 250 g/mol. The van der Waals surface area contributed by atoms with Crippen molar-refractivity contribution in [2.24, 2.45) is 5.41 Å². The van der Waals surface area contributed by atoms with Crippen molar-refractivity contribution in [1.29, 1.82) is 0 Å². The average molecular weight is 285 g/mol. The molecule has 0 spiro atoms. The lowest BCUT2D eigenvalue weighted by Gasteiger charge is -2.34. The van der Waals surface area contributed by atoms with E-state index < -0.39 is 5.54 Å². The monoisotopic (exact) mass is 285 g/mol. The van der Waals surface area contributed by atoms with E-state index in [4.69, 9.17) is 0 Å². The molecule has 0 atom stereocenters. The Morgan fingerprint density at radius 1 is 1.10 bits per heavy atom. The van der Waals surface area contributed by atoms with Gasteiger partial charge in [-0.3, -0.25) is 4.79 Å². The molecule has 0 bridgehead atoms. The van der Waals surface area contributed by atoms with Gasteiger partial charge < -0.3 is 15.5 Å². The summed E-state index contributed by atoms with van der Waals surface area (Å²) >= 11 is 0. The van der Waals surface area contributed by atoms with Gasteiger partial charge in [-0.05, 0) is 39.4 Å². The predicted molar refractivity (Wildman–Crippen MR) is 87.0 cm³/mol. The Morgan fingerprint density at radius 3 is 1.95 bits per heavy atom. The molecule has 0 saturated heterocycles. The van der Waals surface area contributed by atoms with Gasteiger partial charge in [-0.1, -0.05) is 40.5 Å². The maximum absolute atomic E-state index is 12.6. The second-order valence-electron chi connectivity index (χ2n) is 6.92. The zero-order valence-electron chi connectivity index (χ0n) is 14.6. The van der Waals surface area contributed by atoms with E-state index in [0.717, 1.165) is 32.2 Å². The third kappa shape index (κ3) is 6.23. The number of carbonyl (C=O) groups excluding carboxylic acids is 1. The number of hydrogen-bond acceptors (Lipinski definition) is 3. The van der Waals surface area contributed by atoms with Gasteiger partial charge in [0.25, 0.3) is 0 Å². The van der Waals surface area contributed by atoms with Crippen molar-refractivity contribution in [3.63, 3.8) is 0 Å². The number of carbonyl (C=O) groups is 1. The minimum Gasteiger partial charge on any atom is -0.354 e. The second kappa shape index (κ2) is 8.63. The first-order valence-corrected chi connectivity index (χ1v) is 7.85. The van der Waals surface area contributed by atoms with Gasteiger partial charge in [-0.25, -0.2) is 0 Å². The van der Waals surface area contributed by atoms with Crippen LogP contribution >= 0.6 is 0 Å². The molecule has 20 heavy (non-hydrogen) atoms. The molecule has 0 fully saturated rings. The highest BCUT2D eigenvalue weighted by atomic mass is 16.2. The van der Waals surface area contributed by atoms with Crippen LogP contribution in [0.4, 0.5) is 0 Å². The van der Waals surface area contributed by atoms with Crippen molar-refractivity contribution in [1.82, 2.24) is 15.5 Å². The molecule has 2 N–H and O–H groups in total. The zero-order chi connectivity index (χ0) is 15.8. The highest BCUT2D eigenvalue weighted by molar-refractivity contribution is 5.86. The summed E-state index contributed by atoms with van der Waals surface area (Å²) in [5.41, 5.74) is -0.325. The molecule has 0 aromatic carbocycles. The van der Waals surface area contributed by atoms with Gasteiger partial charge in [0, 0.05) is 13.1 Å². The third-order valence-corrected chi connectivity index (χ3v) is 3.74. The van der Waals surface area contributed by atoms with Crippen LogP contribution in [0.5, 0.6) is 0 Å². The lowest BCUT2D eigenvalue weighted by atomic mass is 9.86. The fourth-order valence-electron chi connectivity index (χ4n) is 2.97. The van der Waals surface area contributed by atoms with Crippen molar-refractivity contribution in [3.8, 4) is 0 Å². The fraction of sp³-hybridized carbons (Fsp3) is 0.938. The smallest absolute Gasteiger partial charge is 0.240 e.